The number of hydrogen-bond donors (Lipinski definition) is 3. The molecule has 1 saturated heterocycles. The number of phenolic OH excluding ortho intramolecular Hbond substituents is 1. The highest BCUT2D eigenvalue weighted by Gasteiger charge is 2.38. The quantitative estimate of drug-likeness (QED) is 0.558. The molecule has 1 fully saturated rings. The van der Waals surface area contributed by atoms with Crippen molar-refractivity contribution in [3.63, 3.8) is 0 Å². The fourth-order valence-corrected chi connectivity index (χ4v) is 5.40. The number of rotatable bonds is 3. The van der Waals surface area contributed by atoms with Crippen LogP contribution in [0.4, 0.5) is 4.39 Å². The lowest BCUT2D eigenvalue weighted by Gasteiger charge is -2.44. The third kappa shape index (κ3) is 3.10. The van der Waals surface area contributed by atoms with E-state index in [0.717, 1.165) is 54.4 Å². The number of fused-ring (bicyclic) bond motifs is 4. The molecule has 0 amide bonds. The Morgan fingerprint density at radius 3 is 2.79 bits per heavy atom. The average Bonchev–Trinajstić information content (AvgIpc) is 3.04. The number of hydrogen-bond acceptors (Lipinski definition) is 3. The number of aromatic amines is 1. The van der Waals surface area contributed by atoms with E-state index < -0.39 is 0 Å². The summed E-state index contributed by atoms with van der Waals surface area (Å²) in [5.74, 6) is 1.05. The summed E-state index contributed by atoms with van der Waals surface area (Å²) in [6, 6.07) is 11.9. The number of phenols is 1. The standard InChI is InChI=1S/C24H25FN2O2/c1-14(28)24(16-4-2-5-18(29)10-16)27-9-8-15-12-22-19(11-17(15)13-27)23-20(25)6-3-7-21(23)26-22/h2-7,10,15,17,24,26,28-29H,1,8-9,11-13H2. The molecule has 3 N–H and O–H groups in total. The summed E-state index contributed by atoms with van der Waals surface area (Å²) in [5.41, 5.74) is 4.01. The number of halogens is 1. The van der Waals surface area contributed by atoms with Gasteiger partial charge in [-0.25, -0.2) is 4.39 Å². The van der Waals surface area contributed by atoms with Crippen LogP contribution in [0.25, 0.3) is 10.9 Å². The van der Waals surface area contributed by atoms with Gasteiger partial charge in [0.2, 0.25) is 0 Å². The minimum atomic E-state index is -0.343. The highest BCUT2D eigenvalue weighted by atomic mass is 19.1. The average molecular weight is 392 g/mol. The maximum atomic E-state index is 14.5. The summed E-state index contributed by atoms with van der Waals surface area (Å²) < 4.78 is 14.5. The second-order valence-corrected chi connectivity index (χ2v) is 8.45. The smallest absolute Gasteiger partial charge is 0.132 e. The SMILES string of the molecule is C=C(O)C(c1cccc(O)c1)N1CCC2Cc3[nH]c4cccc(F)c4c3CC2C1. The van der Waals surface area contributed by atoms with E-state index in [2.05, 4.69) is 16.5 Å². The van der Waals surface area contributed by atoms with Crippen LogP contribution in [-0.2, 0) is 12.8 Å². The van der Waals surface area contributed by atoms with E-state index in [4.69, 9.17) is 0 Å². The van der Waals surface area contributed by atoms with Crippen LogP contribution in [0.5, 0.6) is 5.75 Å². The zero-order valence-electron chi connectivity index (χ0n) is 16.2. The van der Waals surface area contributed by atoms with E-state index in [1.165, 1.54) is 11.8 Å². The molecule has 4 nitrogen and oxygen atoms in total. The van der Waals surface area contributed by atoms with Crippen molar-refractivity contribution in [1.29, 1.82) is 0 Å². The molecule has 29 heavy (non-hydrogen) atoms. The van der Waals surface area contributed by atoms with E-state index in [1.807, 2.05) is 12.1 Å². The van der Waals surface area contributed by atoms with Crippen LogP contribution in [0.2, 0.25) is 0 Å². The Morgan fingerprint density at radius 1 is 1.17 bits per heavy atom. The van der Waals surface area contributed by atoms with Gasteiger partial charge in [0.05, 0.1) is 6.04 Å². The van der Waals surface area contributed by atoms with Crippen molar-refractivity contribution in [3.8, 4) is 5.75 Å². The first kappa shape index (κ1) is 18.3. The fourth-order valence-electron chi connectivity index (χ4n) is 5.40. The normalized spacial score (nSPS) is 22.8. The Morgan fingerprint density at radius 2 is 2.00 bits per heavy atom. The lowest BCUT2D eigenvalue weighted by atomic mass is 9.73. The largest absolute Gasteiger partial charge is 0.511 e. The number of H-pyrrole nitrogens is 1. The third-order valence-electron chi connectivity index (χ3n) is 6.69. The number of aliphatic hydroxyl groups is 1. The predicted octanol–water partition coefficient (Wildman–Crippen LogP) is 4.86. The van der Waals surface area contributed by atoms with Crippen molar-refractivity contribution in [2.24, 2.45) is 11.8 Å². The monoisotopic (exact) mass is 392 g/mol. The molecule has 1 aliphatic carbocycles. The molecule has 3 atom stereocenters. The molecule has 0 radical (unpaired) electrons. The lowest BCUT2D eigenvalue weighted by Crippen LogP contribution is -2.45. The minimum absolute atomic E-state index is 0.0867. The topological polar surface area (TPSA) is 59.5 Å². The summed E-state index contributed by atoms with van der Waals surface area (Å²) in [6.07, 6.45) is 2.80. The maximum absolute atomic E-state index is 14.5. The Bertz CT molecular complexity index is 1090. The molecule has 1 aromatic heterocycles. The lowest BCUT2D eigenvalue weighted by molar-refractivity contribution is 0.0716. The summed E-state index contributed by atoms with van der Waals surface area (Å²) in [7, 11) is 0. The molecule has 0 saturated carbocycles. The van der Waals surface area contributed by atoms with Crippen molar-refractivity contribution < 1.29 is 14.6 Å². The molecule has 150 valence electrons. The molecule has 2 aromatic carbocycles. The van der Waals surface area contributed by atoms with E-state index in [1.54, 1.807) is 24.3 Å². The number of nitrogens with one attached hydrogen (secondary N) is 1. The van der Waals surface area contributed by atoms with Crippen LogP contribution in [0.1, 0.15) is 29.3 Å². The summed E-state index contributed by atoms with van der Waals surface area (Å²) in [5, 5.41) is 20.9. The van der Waals surface area contributed by atoms with Crippen LogP contribution in [-0.4, -0.2) is 33.2 Å². The number of aliphatic hydroxyl groups excluding tert-OH is 1. The number of aromatic hydroxyl groups is 1. The van der Waals surface area contributed by atoms with Gasteiger partial charge in [-0.1, -0.05) is 24.8 Å². The first-order valence-corrected chi connectivity index (χ1v) is 10.2. The van der Waals surface area contributed by atoms with Crippen molar-refractivity contribution in [1.82, 2.24) is 9.88 Å². The first-order chi connectivity index (χ1) is 14.0. The predicted molar refractivity (Wildman–Crippen MR) is 111 cm³/mol. The summed E-state index contributed by atoms with van der Waals surface area (Å²) in [4.78, 5) is 5.68. The Labute approximate surface area is 169 Å². The second kappa shape index (κ2) is 6.92. The van der Waals surface area contributed by atoms with E-state index in [9.17, 15) is 14.6 Å². The van der Waals surface area contributed by atoms with Crippen molar-refractivity contribution >= 4 is 10.9 Å². The van der Waals surface area contributed by atoms with Crippen LogP contribution in [0.15, 0.2) is 54.8 Å². The summed E-state index contributed by atoms with van der Waals surface area (Å²) in [6.45, 7) is 5.46. The molecule has 1 aliphatic heterocycles. The Hall–Kier alpha value is -2.79. The molecular weight excluding hydrogens is 367 g/mol. The van der Waals surface area contributed by atoms with Gasteiger partial charge in [0.15, 0.2) is 0 Å². The first-order valence-electron chi connectivity index (χ1n) is 10.2. The number of nitrogens with zero attached hydrogens (tertiary/aromatic N) is 1. The number of aromatic nitrogens is 1. The molecule has 0 bridgehead atoms. The zero-order chi connectivity index (χ0) is 20.1. The molecule has 3 aromatic rings. The molecule has 5 heteroatoms. The summed E-state index contributed by atoms with van der Waals surface area (Å²) >= 11 is 0. The van der Waals surface area contributed by atoms with E-state index in [-0.39, 0.29) is 23.4 Å². The van der Waals surface area contributed by atoms with Crippen molar-refractivity contribution in [3.05, 3.63) is 77.4 Å². The van der Waals surface area contributed by atoms with Crippen LogP contribution in [0, 0.1) is 17.7 Å². The van der Waals surface area contributed by atoms with Gasteiger partial charge in [-0.2, -0.15) is 0 Å². The van der Waals surface area contributed by atoms with Crippen LogP contribution >= 0.6 is 0 Å². The van der Waals surface area contributed by atoms with Crippen LogP contribution < -0.4 is 0 Å². The number of likely N-dealkylation sites (tertiary alicyclic amines) is 1. The van der Waals surface area contributed by atoms with Gasteiger partial charge >= 0.3 is 0 Å². The van der Waals surface area contributed by atoms with Gasteiger partial charge < -0.3 is 15.2 Å². The molecule has 2 aliphatic rings. The molecular formula is C24H25FN2O2. The van der Waals surface area contributed by atoms with Gasteiger partial charge in [-0.05, 0) is 73.0 Å². The number of piperidine rings is 1. The highest BCUT2D eigenvalue weighted by Crippen LogP contribution is 2.42. The number of benzene rings is 2. The van der Waals surface area contributed by atoms with Crippen molar-refractivity contribution in [2.45, 2.75) is 25.3 Å². The maximum Gasteiger partial charge on any atom is 0.132 e. The highest BCUT2D eigenvalue weighted by molar-refractivity contribution is 5.85. The second-order valence-electron chi connectivity index (χ2n) is 8.45. The van der Waals surface area contributed by atoms with Crippen molar-refractivity contribution in [2.75, 3.05) is 13.1 Å². The molecule has 3 unspecified atom stereocenters. The van der Waals surface area contributed by atoms with E-state index in [0.29, 0.717) is 11.8 Å². The third-order valence-corrected chi connectivity index (χ3v) is 6.69. The van der Waals surface area contributed by atoms with Gasteiger partial charge in [0.1, 0.15) is 17.3 Å². The molecule has 0 spiro atoms. The van der Waals surface area contributed by atoms with E-state index >= 15 is 0 Å². The van der Waals surface area contributed by atoms with Gasteiger partial charge in [-0.15, -0.1) is 0 Å². The van der Waals surface area contributed by atoms with Gasteiger partial charge in [0.25, 0.3) is 0 Å². The van der Waals surface area contributed by atoms with Gasteiger partial charge in [0, 0.05) is 23.1 Å². The molecule has 5 rings (SSSR count). The Kier molecular flexibility index (Phi) is 4.36. The zero-order valence-corrected chi connectivity index (χ0v) is 16.2. The van der Waals surface area contributed by atoms with Crippen LogP contribution in [0.3, 0.4) is 0 Å². The Balaban J connectivity index is 1.45. The fraction of sp³-hybridized carbons (Fsp3) is 0.333. The minimum Gasteiger partial charge on any atom is -0.511 e. The van der Waals surface area contributed by atoms with Gasteiger partial charge in [-0.3, -0.25) is 4.90 Å². The molecule has 2 heterocycles.